The fourth-order valence-electron chi connectivity index (χ4n) is 2.01. The Bertz CT molecular complexity index is 464. The zero-order valence-corrected chi connectivity index (χ0v) is 13.0. The Morgan fingerprint density at radius 2 is 2.25 bits per heavy atom. The normalized spacial score (nSPS) is 17.4. The lowest BCUT2D eigenvalue weighted by Crippen LogP contribution is -2.56. The molecule has 4 nitrogen and oxygen atoms in total. The third kappa shape index (κ3) is 4.54. The Hall–Kier alpha value is -0.970. The van der Waals surface area contributed by atoms with Crippen molar-refractivity contribution in [2.75, 3.05) is 6.54 Å². The largest absolute Gasteiger partial charge is 0.481 e. The van der Waals surface area contributed by atoms with Gasteiger partial charge in [-0.1, -0.05) is 17.7 Å². The number of carbonyl (C=O) groups excluding carboxylic acids is 1. The fourth-order valence-corrected chi connectivity index (χ4v) is 2.19. The van der Waals surface area contributed by atoms with E-state index < -0.39 is 6.10 Å². The SMILES string of the molecule is CC(Oc1cccc(Cl)c1)C(=O)NCC1(N)CCC1.Cl. The second kappa shape index (κ2) is 7.16. The molecule has 1 amide bonds. The van der Waals surface area contributed by atoms with Crippen LogP contribution in [0.25, 0.3) is 0 Å². The lowest BCUT2D eigenvalue weighted by molar-refractivity contribution is -0.127. The van der Waals surface area contributed by atoms with Crippen LogP contribution >= 0.6 is 24.0 Å². The van der Waals surface area contributed by atoms with Gasteiger partial charge in [-0.05, 0) is 44.4 Å². The quantitative estimate of drug-likeness (QED) is 0.876. The molecule has 2 rings (SSSR count). The summed E-state index contributed by atoms with van der Waals surface area (Å²) in [5.41, 5.74) is 5.83. The van der Waals surface area contributed by atoms with Gasteiger partial charge in [0.25, 0.3) is 5.91 Å². The summed E-state index contributed by atoms with van der Waals surface area (Å²) in [6.45, 7) is 2.22. The summed E-state index contributed by atoms with van der Waals surface area (Å²) in [5.74, 6) is 0.429. The van der Waals surface area contributed by atoms with Gasteiger partial charge >= 0.3 is 0 Å². The predicted molar refractivity (Wildman–Crippen MR) is 82.6 cm³/mol. The van der Waals surface area contributed by atoms with Gasteiger partial charge in [0.2, 0.25) is 0 Å². The zero-order chi connectivity index (χ0) is 13.9. The fraction of sp³-hybridized carbons (Fsp3) is 0.500. The van der Waals surface area contributed by atoms with Crippen LogP contribution in [0.2, 0.25) is 5.02 Å². The molecule has 112 valence electrons. The van der Waals surface area contributed by atoms with Gasteiger partial charge < -0.3 is 15.8 Å². The van der Waals surface area contributed by atoms with Crippen molar-refractivity contribution in [3.63, 3.8) is 0 Å². The molecule has 0 heterocycles. The van der Waals surface area contributed by atoms with Crippen molar-refractivity contribution in [2.24, 2.45) is 5.73 Å². The molecule has 0 aromatic heterocycles. The van der Waals surface area contributed by atoms with Crippen molar-refractivity contribution in [3.05, 3.63) is 29.3 Å². The van der Waals surface area contributed by atoms with Crippen LogP contribution in [-0.2, 0) is 4.79 Å². The summed E-state index contributed by atoms with van der Waals surface area (Å²) >= 11 is 5.86. The molecule has 1 aromatic rings. The smallest absolute Gasteiger partial charge is 0.260 e. The van der Waals surface area contributed by atoms with Crippen LogP contribution in [0.3, 0.4) is 0 Å². The number of rotatable bonds is 5. The van der Waals surface area contributed by atoms with Crippen LogP contribution in [0.15, 0.2) is 24.3 Å². The van der Waals surface area contributed by atoms with Gasteiger partial charge in [-0.2, -0.15) is 0 Å². The summed E-state index contributed by atoms with van der Waals surface area (Å²) in [4.78, 5) is 11.9. The molecule has 0 radical (unpaired) electrons. The van der Waals surface area contributed by atoms with Gasteiger partial charge in [0, 0.05) is 17.1 Å². The molecular weight excluding hydrogens is 299 g/mol. The van der Waals surface area contributed by atoms with Crippen molar-refractivity contribution in [2.45, 2.75) is 37.8 Å². The van der Waals surface area contributed by atoms with E-state index in [0.717, 1.165) is 19.3 Å². The average molecular weight is 319 g/mol. The molecule has 0 bridgehead atoms. The minimum absolute atomic E-state index is 0. The van der Waals surface area contributed by atoms with E-state index in [9.17, 15) is 4.79 Å². The van der Waals surface area contributed by atoms with Crippen LogP contribution in [0.1, 0.15) is 26.2 Å². The molecular formula is C14H20Cl2N2O2. The molecule has 1 aliphatic rings. The Kier molecular flexibility index (Phi) is 6.11. The first-order valence-corrected chi connectivity index (χ1v) is 6.85. The van der Waals surface area contributed by atoms with Crippen molar-refractivity contribution < 1.29 is 9.53 Å². The highest BCUT2D eigenvalue weighted by molar-refractivity contribution is 6.30. The van der Waals surface area contributed by atoms with Crippen LogP contribution in [-0.4, -0.2) is 24.1 Å². The molecule has 20 heavy (non-hydrogen) atoms. The maximum atomic E-state index is 11.9. The average Bonchev–Trinajstić information content (AvgIpc) is 2.33. The van der Waals surface area contributed by atoms with Crippen LogP contribution < -0.4 is 15.8 Å². The Morgan fingerprint density at radius 1 is 1.55 bits per heavy atom. The van der Waals surface area contributed by atoms with Crippen LogP contribution in [0.4, 0.5) is 0 Å². The number of hydrogen-bond acceptors (Lipinski definition) is 3. The summed E-state index contributed by atoms with van der Waals surface area (Å²) in [7, 11) is 0. The molecule has 1 atom stereocenters. The first kappa shape index (κ1) is 17.1. The van der Waals surface area contributed by atoms with E-state index in [1.165, 1.54) is 0 Å². The van der Waals surface area contributed by atoms with Gasteiger partial charge in [-0.25, -0.2) is 0 Å². The molecule has 1 aliphatic carbocycles. The standard InChI is InChI=1S/C14H19ClN2O2.ClH/c1-10(19-12-5-2-4-11(15)8-12)13(18)17-9-14(16)6-3-7-14;/h2,4-5,8,10H,3,6-7,9,16H2,1H3,(H,17,18);1H. The zero-order valence-electron chi connectivity index (χ0n) is 11.4. The van der Waals surface area contributed by atoms with Crippen molar-refractivity contribution >= 4 is 29.9 Å². The number of halogens is 2. The second-order valence-electron chi connectivity index (χ2n) is 5.15. The molecule has 6 heteroatoms. The summed E-state index contributed by atoms with van der Waals surface area (Å²) in [6.07, 6.45) is 2.51. The molecule has 1 unspecified atom stereocenters. The van der Waals surface area contributed by atoms with Gasteiger partial charge in [-0.15, -0.1) is 12.4 Å². The lowest BCUT2D eigenvalue weighted by atomic mass is 9.78. The van der Waals surface area contributed by atoms with E-state index >= 15 is 0 Å². The number of ether oxygens (including phenoxy) is 1. The van der Waals surface area contributed by atoms with Gasteiger partial charge in [0.1, 0.15) is 5.75 Å². The van der Waals surface area contributed by atoms with Gasteiger partial charge in [0.15, 0.2) is 6.10 Å². The van der Waals surface area contributed by atoms with E-state index in [-0.39, 0.29) is 23.9 Å². The number of carbonyl (C=O) groups is 1. The highest BCUT2D eigenvalue weighted by Crippen LogP contribution is 2.28. The van der Waals surface area contributed by atoms with E-state index in [4.69, 9.17) is 22.1 Å². The summed E-state index contributed by atoms with van der Waals surface area (Å²) in [6, 6.07) is 6.99. The van der Waals surface area contributed by atoms with E-state index in [0.29, 0.717) is 17.3 Å². The van der Waals surface area contributed by atoms with Crippen LogP contribution in [0.5, 0.6) is 5.75 Å². The Morgan fingerprint density at radius 3 is 2.80 bits per heavy atom. The maximum Gasteiger partial charge on any atom is 0.260 e. The predicted octanol–water partition coefficient (Wildman–Crippen LogP) is 2.53. The second-order valence-corrected chi connectivity index (χ2v) is 5.59. The van der Waals surface area contributed by atoms with E-state index in [1.54, 1.807) is 31.2 Å². The maximum absolute atomic E-state index is 11.9. The minimum Gasteiger partial charge on any atom is -0.481 e. The van der Waals surface area contributed by atoms with Crippen molar-refractivity contribution in [1.29, 1.82) is 0 Å². The number of nitrogens with one attached hydrogen (secondary N) is 1. The lowest BCUT2D eigenvalue weighted by Gasteiger charge is -2.38. The summed E-state index contributed by atoms with van der Waals surface area (Å²) in [5, 5.41) is 3.42. The third-order valence-electron chi connectivity index (χ3n) is 3.44. The van der Waals surface area contributed by atoms with Gasteiger partial charge in [0.05, 0.1) is 0 Å². The molecule has 3 N–H and O–H groups in total. The number of amides is 1. The molecule has 1 aromatic carbocycles. The number of benzene rings is 1. The first-order chi connectivity index (χ1) is 8.98. The first-order valence-electron chi connectivity index (χ1n) is 6.47. The van der Waals surface area contributed by atoms with Crippen molar-refractivity contribution in [1.82, 2.24) is 5.32 Å². The number of nitrogens with two attached hydrogens (primary N) is 1. The Labute approximate surface area is 130 Å². The highest BCUT2D eigenvalue weighted by Gasteiger charge is 2.33. The molecule has 1 saturated carbocycles. The summed E-state index contributed by atoms with van der Waals surface area (Å²) < 4.78 is 5.54. The molecule has 0 spiro atoms. The van der Waals surface area contributed by atoms with Gasteiger partial charge in [-0.3, -0.25) is 4.79 Å². The monoisotopic (exact) mass is 318 g/mol. The molecule has 0 saturated heterocycles. The topological polar surface area (TPSA) is 64.3 Å². The van der Waals surface area contributed by atoms with Crippen LogP contribution in [0, 0.1) is 0 Å². The Balaban J connectivity index is 0.00000200. The third-order valence-corrected chi connectivity index (χ3v) is 3.68. The number of hydrogen-bond donors (Lipinski definition) is 2. The van der Waals surface area contributed by atoms with E-state index in [1.807, 2.05) is 0 Å². The van der Waals surface area contributed by atoms with Crippen molar-refractivity contribution in [3.8, 4) is 5.75 Å². The minimum atomic E-state index is -0.567. The molecule has 1 fully saturated rings. The molecule has 0 aliphatic heterocycles. The van der Waals surface area contributed by atoms with E-state index in [2.05, 4.69) is 5.32 Å². The highest BCUT2D eigenvalue weighted by atomic mass is 35.5.